The highest BCUT2D eigenvalue weighted by Gasteiger charge is 2.06. The summed E-state index contributed by atoms with van der Waals surface area (Å²) in [6, 6.07) is 19.6. The third-order valence-electron chi connectivity index (χ3n) is 3.81. The third kappa shape index (κ3) is 2.79. The Morgan fingerprint density at radius 1 is 1.08 bits per heavy atom. The fourth-order valence-corrected chi connectivity index (χ4v) is 2.58. The zero-order chi connectivity index (χ0) is 16.4. The highest BCUT2D eigenvalue weighted by molar-refractivity contribution is 5.83. The molecule has 0 atom stereocenters. The second-order valence-corrected chi connectivity index (χ2v) is 5.48. The minimum atomic E-state index is 0.403. The SMILES string of the molecule is O=Cc1ccn(-c2cc3ccc(OCc4ccccc4)cc3[nH]2)n1. The van der Waals surface area contributed by atoms with Crippen molar-refractivity contribution in [1.29, 1.82) is 0 Å². The lowest BCUT2D eigenvalue weighted by molar-refractivity contribution is 0.111. The minimum Gasteiger partial charge on any atom is -0.489 e. The van der Waals surface area contributed by atoms with Crippen LogP contribution in [0.15, 0.2) is 66.9 Å². The number of aromatic nitrogens is 3. The van der Waals surface area contributed by atoms with Gasteiger partial charge < -0.3 is 9.72 Å². The van der Waals surface area contributed by atoms with Crippen LogP contribution in [0.3, 0.4) is 0 Å². The van der Waals surface area contributed by atoms with Gasteiger partial charge in [-0.25, -0.2) is 4.68 Å². The zero-order valence-corrected chi connectivity index (χ0v) is 12.8. The Labute approximate surface area is 138 Å². The van der Waals surface area contributed by atoms with Crippen molar-refractivity contribution < 1.29 is 9.53 Å². The Morgan fingerprint density at radius 2 is 1.96 bits per heavy atom. The van der Waals surface area contributed by atoms with Crippen molar-refractivity contribution in [3.63, 3.8) is 0 Å². The van der Waals surface area contributed by atoms with E-state index in [1.165, 1.54) is 0 Å². The van der Waals surface area contributed by atoms with Gasteiger partial charge in [-0.15, -0.1) is 0 Å². The van der Waals surface area contributed by atoms with E-state index in [1.54, 1.807) is 16.9 Å². The number of benzene rings is 2. The van der Waals surface area contributed by atoms with Crippen LogP contribution in [0, 0.1) is 0 Å². The monoisotopic (exact) mass is 317 g/mol. The fraction of sp³-hybridized carbons (Fsp3) is 0.0526. The first-order valence-corrected chi connectivity index (χ1v) is 7.62. The summed E-state index contributed by atoms with van der Waals surface area (Å²) in [6.45, 7) is 0.530. The summed E-state index contributed by atoms with van der Waals surface area (Å²) in [6.07, 6.45) is 2.48. The number of nitrogens with zero attached hydrogens (tertiary/aromatic N) is 2. The van der Waals surface area contributed by atoms with E-state index < -0.39 is 0 Å². The van der Waals surface area contributed by atoms with Crippen LogP contribution in [-0.4, -0.2) is 21.1 Å². The van der Waals surface area contributed by atoms with Gasteiger partial charge in [0.2, 0.25) is 0 Å². The second-order valence-electron chi connectivity index (χ2n) is 5.48. The molecule has 2 aromatic heterocycles. The van der Waals surface area contributed by atoms with Crippen molar-refractivity contribution in [1.82, 2.24) is 14.8 Å². The first-order valence-electron chi connectivity index (χ1n) is 7.62. The van der Waals surface area contributed by atoms with Gasteiger partial charge >= 0.3 is 0 Å². The van der Waals surface area contributed by atoms with Gasteiger partial charge in [0.05, 0.1) is 5.52 Å². The number of hydrogen-bond donors (Lipinski definition) is 1. The minimum absolute atomic E-state index is 0.403. The maximum absolute atomic E-state index is 10.8. The van der Waals surface area contributed by atoms with Gasteiger partial charge in [0.25, 0.3) is 0 Å². The highest BCUT2D eigenvalue weighted by Crippen LogP contribution is 2.23. The van der Waals surface area contributed by atoms with Gasteiger partial charge in [0, 0.05) is 17.6 Å². The van der Waals surface area contributed by atoms with Crippen LogP contribution < -0.4 is 4.74 Å². The summed E-state index contributed by atoms with van der Waals surface area (Å²) >= 11 is 0. The van der Waals surface area contributed by atoms with E-state index in [0.717, 1.165) is 34.3 Å². The number of carbonyl (C=O) groups is 1. The van der Waals surface area contributed by atoms with E-state index in [-0.39, 0.29) is 0 Å². The van der Waals surface area contributed by atoms with Crippen molar-refractivity contribution >= 4 is 17.2 Å². The lowest BCUT2D eigenvalue weighted by Crippen LogP contribution is -1.95. The van der Waals surface area contributed by atoms with E-state index in [2.05, 4.69) is 10.1 Å². The quantitative estimate of drug-likeness (QED) is 0.570. The molecule has 0 aliphatic heterocycles. The second kappa shape index (κ2) is 6.04. The van der Waals surface area contributed by atoms with Crippen LogP contribution in [0.25, 0.3) is 16.7 Å². The fourth-order valence-electron chi connectivity index (χ4n) is 2.58. The van der Waals surface area contributed by atoms with E-state index in [9.17, 15) is 4.79 Å². The molecule has 2 aromatic carbocycles. The average molecular weight is 317 g/mol. The lowest BCUT2D eigenvalue weighted by Gasteiger charge is -2.06. The molecule has 5 heteroatoms. The smallest absolute Gasteiger partial charge is 0.170 e. The number of aldehydes is 1. The average Bonchev–Trinajstić information content (AvgIpc) is 3.26. The molecule has 24 heavy (non-hydrogen) atoms. The standard InChI is InChI=1S/C19H15N3O2/c23-12-16-8-9-22(21-16)19-10-15-6-7-17(11-18(15)20-19)24-13-14-4-2-1-3-5-14/h1-12,20H,13H2. The van der Waals surface area contributed by atoms with Crippen LogP contribution >= 0.6 is 0 Å². The molecule has 2 heterocycles. The molecule has 0 fully saturated rings. The van der Waals surface area contributed by atoms with E-state index in [0.29, 0.717) is 12.3 Å². The Hall–Kier alpha value is -3.34. The number of H-pyrrole nitrogens is 1. The molecule has 0 saturated heterocycles. The summed E-state index contributed by atoms with van der Waals surface area (Å²) < 4.78 is 7.49. The molecule has 0 saturated carbocycles. The summed E-state index contributed by atoms with van der Waals surface area (Å²) in [5, 5.41) is 5.23. The largest absolute Gasteiger partial charge is 0.489 e. The Morgan fingerprint density at radius 3 is 2.75 bits per heavy atom. The topological polar surface area (TPSA) is 59.9 Å². The molecule has 1 N–H and O–H groups in total. The Kier molecular flexibility index (Phi) is 3.59. The number of carbonyl (C=O) groups excluding carboxylic acids is 1. The summed E-state index contributed by atoms with van der Waals surface area (Å²) in [4.78, 5) is 14.0. The van der Waals surface area contributed by atoms with Crippen molar-refractivity contribution in [2.45, 2.75) is 6.61 Å². The number of hydrogen-bond acceptors (Lipinski definition) is 3. The molecule has 4 rings (SSSR count). The van der Waals surface area contributed by atoms with Gasteiger partial charge in [-0.1, -0.05) is 30.3 Å². The molecule has 5 nitrogen and oxygen atoms in total. The number of nitrogens with one attached hydrogen (secondary N) is 1. The molecule has 4 aromatic rings. The Balaban J connectivity index is 1.57. The van der Waals surface area contributed by atoms with Crippen LogP contribution in [0.4, 0.5) is 0 Å². The lowest BCUT2D eigenvalue weighted by atomic mass is 10.2. The van der Waals surface area contributed by atoms with E-state index >= 15 is 0 Å². The van der Waals surface area contributed by atoms with Gasteiger partial charge in [-0.05, 0) is 29.8 Å². The number of ether oxygens (including phenoxy) is 1. The predicted molar refractivity (Wildman–Crippen MR) is 91.6 cm³/mol. The first-order chi connectivity index (χ1) is 11.8. The maximum atomic E-state index is 10.8. The highest BCUT2D eigenvalue weighted by atomic mass is 16.5. The molecule has 0 spiro atoms. The molecular formula is C19H15N3O2. The van der Waals surface area contributed by atoms with Gasteiger partial charge in [0.1, 0.15) is 23.9 Å². The van der Waals surface area contributed by atoms with Gasteiger partial charge in [-0.3, -0.25) is 4.79 Å². The van der Waals surface area contributed by atoms with Crippen LogP contribution in [-0.2, 0) is 6.61 Å². The van der Waals surface area contributed by atoms with Crippen molar-refractivity contribution in [2.24, 2.45) is 0 Å². The maximum Gasteiger partial charge on any atom is 0.170 e. The molecule has 118 valence electrons. The molecule has 0 radical (unpaired) electrons. The summed E-state index contributed by atoms with van der Waals surface area (Å²) in [5.41, 5.74) is 2.49. The van der Waals surface area contributed by atoms with Crippen molar-refractivity contribution in [2.75, 3.05) is 0 Å². The van der Waals surface area contributed by atoms with Crippen LogP contribution in [0.2, 0.25) is 0 Å². The molecule has 0 unspecified atom stereocenters. The molecule has 0 aliphatic carbocycles. The molecular weight excluding hydrogens is 302 g/mol. The normalized spacial score (nSPS) is 10.8. The number of fused-ring (bicyclic) bond motifs is 1. The first kappa shape index (κ1) is 14.3. The van der Waals surface area contributed by atoms with Crippen LogP contribution in [0.1, 0.15) is 16.1 Å². The summed E-state index contributed by atoms with van der Waals surface area (Å²) in [7, 11) is 0. The molecule has 0 aliphatic rings. The van der Waals surface area contributed by atoms with E-state index in [4.69, 9.17) is 4.74 Å². The third-order valence-corrected chi connectivity index (χ3v) is 3.81. The van der Waals surface area contributed by atoms with Crippen LogP contribution in [0.5, 0.6) is 5.75 Å². The van der Waals surface area contributed by atoms with E-state index in [1.807, 2.05) is 54.6 Å². The molecule has 0 bridgehead atoms. The predicted octanol–water partition coefficient (Wildman–Crippen LogP) is 3.75. The van der Waals surface area contributed by atoms with Crippen molar-refractivity contribution in [3.05, 3.63) is 78.1 Å². The summed E-state index contributed by atoms with van der Waals surface area (Å²) in [5.74, 6) is 1.60. The van der Waals surface area contributed by atoms with Gasteiger partial charge in [0.15, 0.2) is 6.29 Å². The zero-order valence-electron chi connectivity index (χ0n) is 12.8. The number of rotatable bonds is 5. The van der Waals surface area contributed by atoms with Gasteiger partial charge in [-0.2, -0.15) is 5.10 Å². The Bertz CT molecular complexity index is 986. The number of aromatic amines is 1. The molecule has 0 amide bonds. The van der Waals surface area contributed by atoms with Crippen molar-refractivity contribution in [3.8, 4) is 11.6 Å².